The number of rotatable bonds is 4. The number of hydrogen-bond donors (Lipinski definition) is 0. The van der Waals surface area contributed by atoms with Gasteiger partial charge in [0.1, 0.15) is 5.52 Å². The first kappa shape index (κ1) is 21.3. The summed E-state index contributed by atoms with van der Waals surface area (Å²) in [5.41, 5.74) is 10.3. The van der Waals surface area contributed by atoms with Gasteiger partial charge in [-0.05, 0) is 63.4 Å². The molecule has 152 valence electrons. The molecule has 1 atom stereocenters. The van der Waals surface area contributed by atoms with Crippen molar-refractivity contribution in [1.29, 1.82) is 0 Å². The molecule has 0 spiro atoms. The molecule has 3 heterocycles. The summed E-state index contributed by atoms with van der Waals surface area (Å²) in [6.07, 6.45) is 4.03. The van der Waals surface area contributed by atoms with Gasteiger partial charge in [-0.3, -0.25) is 9.97 Å². The number of hydrogen-bond acceptors (Lipinski definition) is 3. The van der Waals surface area contributed by atoms with Gasteiger partial charge in [-0.1, -0.05) is 17.7 Å². The molecule has 0 aliphatic carbocycles. The molecule has 3 aromatic heterocycles. The van der Waals surface area contributed by atoms with E-state index in [-0.39, 0.29) is 18.4 Å². The van der Waals surface area contributed by atoms with Crippen LogP contribution in [-0.2, 0) is 4.74 Å². The minimum absolute atomic E-state index is 0. The highest BCUT2D eigenvalue weighted by molar-refractivity contribution is 6.07. The van der Waals surface area contributed by atoms with Crippen LogP contribution in [0.25, 0.3) is 33.1 Å². The molecule has 0 fully saturated rings. The molecule has 1 aromatic carbocycles. The van der Waals surface area contributed by atoms with Crippen LogP contribution in [0.3, 0.4) is 0 Å². The minimum atomic E-state index is 0. The molecular formula is C24H28ClN3O. The van der Waals surface area contributed by atoms with E-state index in [1.807, 2.05) is 6.20 Å². The standard InChI is InChI=1S/C24H27N3O.ClH/c1-14-11-15(2)21(16(3)12-14)20-7-9-25-23-22(20)26-18(5)19-8-10-27(24(19)23)17(4)13-28-6;/h7-12,17H,13H2,1-6H3;1H. The van der Waals surface area contributed by atoms with Gasteiger partial charge in [0.25, 0.3) is 0 Å². The first-order valence-corrected chi connectivity index (χ1v) is 9.75. The molecule has 0 amide bonds. The van der Waals surface area contributed by atoms with Gasteiger partial charge >= 0.3 is 0 Å². The number of halogens is 1. The fourth-order valence-corrected chi connectivity index (χ4v) is 4.45. The Morgan fingerprint density at radius 1 is 1.03 bits per heavy atom. The van der Waals surface area contributed by atoms with E-state index in [0.717, 1.165) is 33.2 Å². The van der Waals surface area contributed by atoms with Crippen LogP contribution in [0.2, 0.25) is 0 Å². The van der Waals surface area contributed by atoms with E-state index in [1.54, 1.807) is 7.11 Å². The number of aryl methyl sites for hydroxylation is 4. The SMILES string of the molecule is COCC(C)n1ccc2c(C)nc3c(-c4c(C)cc(C)cc4C)ccnc3c21.Cl. The summed E-state index contributed by atoms with van der Waals surface area (Å²) in [6.45, 7) is 11.4. The Labute approximate surface area is 178 Å². The lowest BCUT2D eigenvalue weighted by molar-refractivity contribution is 0.164. The van der Waals surface area contributed by atoms with Crippen LogP contribution in [0.4, 0.5) is 0 Å². The summed E-state index contributed by atoms with van der Waals surface area (Å²) in [4.78, 5) is 9.76. The van der Waals surface area contributed by atoms with Crippen LogP contribution in [-0.4, -0.2) is 28.3 Å². The lowest BCUT2D eigenvalue weighted by Gasteiger charge is -2.17. The largest absolute Gasteiger partial charge is 0.383 e. The van der Waals surface area contributed by atoms with Crippen molar-refractivity contribution >= 4 is 34.3 Å². The smallest absolute Gasteiger partial charge is 0.114 e. The molecule has 0 aliphatic heterocycles. The number of aromatic nitrogens is 3. The number of nitrogens with zero attached hydrogens (tertiary/aromatic N) is 3. The van der Waals surface area contributed by atoms with Gasteiger partial charge in [0, 0.05) is 36.1 Å². The summed E-state index contributed by atoms with van der Waals surface area (Å²) in [5, 5.41) is 1.15. The Bertz CT molecular complexity index is 1170. The maximum absolute atomic E-state index is 5.40. The molecule has 0 N–H and O–H groups in total. The lowest BCUT2D eigenvalue weighted by atomic mass is 9.93. The van der Waals surface area contributed by atoms with E-state index in [1.165, 1.54) is 22.3 Å². The average molecular weight is 410 g/mol. The zero-order valence-electron chi connectivity index (χ0n) is 17.9. The molecule has 0 aliphatic rings. The van der Waals surface area contributed by atoms with E-state index in [9.17, 15) is 0 Å². The first-order chi connectivity index (χ1) is 13.4. The van der Waals surface area contributed by atoms with Gasteiger partial charge in [-0.2, -0.15) is 0 Å². The third-order valence-electron chi connectivity index (χ3n) is 5.56. The van der Waals surface area contributed by atoms with Crippen molar-refractivity contribution in [2.24, 2.45) is 0 Å². The quantitative estimate of drug-likeness (QED) is 0.408. The van der Waals surface area contributed by atoms with Crippen molar-refractivity contribution in [3.05, 3.63) is 59.0 Å². The molecule has 0 radical (unpaired) electrons. The van der Waals surface area contributed by atoms with Gasteiger partial charge in [0.15, 0.2) is 0 Å². The van der Waals surface area contributed by atoms with Crippen LogP contribution in [0.1, 0.15) is 35.3 Å². The maximum Gasteiger partial charge on any atom is 0.114 e. The van der Waals surface area contributed by atoms with Gasteiger partial charge in [0.05, 0.1) is 23.7 Å². The van der Waals surface area contributed by atoms with Crippen molar-refractivity contribution in [1.82, 2.24) is 14.5 Å². The lowest BCUT2D eigenvalue weighted by Crippen LogP contribution is -2.10. The van der Waals surface area contributed by atoms with Crippen LogP contribution in [0.5, 0.6) is 0 Å². The van der Waals surface area contributed by atoms with Crippen LogP contribution in [0.15, 0.2) is 36.7 Å². The molecule has 0 saturated heterocycles. The van der Waals surface area contributed by atoms with Crippen molar-refractivity contribution in [3.63, 3.8) is 0 Å². The molecule has 4 nitrogen and oxygen atoms in total. The van der Waals surface area contributed by atoms with E-state index >= 15 is 0 Å². The summed E-state index contributed by atoms with van der Waals surface area (Å²) in [7, 11) is 1.74. The Kier molecular flexibility index (Phi) is 5.97. The number of fused-ring (bicyclic) bond motifs is 3. The topological polar surface area (TPSA) is 39.9 Å². The number of pyridine rings is 2. The third-order valence-corrected chi connectivity index (χ3v) is 5.56. The predicted octanol–water partition coefficient (Wildman–Crippen LogP) is 6.11. The molecule has 0 bridgehead atoms. The highest BCUT2D eigenvalue weighted by Gasteiger charge is 2.18. The van der Waals surface area contributed by atoms with Gasteiger partial charge in [-0.25, -0.2) is 0 Å². The molecule has 29 heavy (non-hydrogen) atoms. The van der Waals surface area contributed by atoms with E-state index < -0.39 is 0 Å². The van der Waals surface area contributed by atoms with Gasteiger partial charge in [0.2, 0.25) is 0 Å². The van der Waals surface area contributed by atoms with Crippen molar-refractivity contribution in [2.45, 2.75) is 40.7 Å². The van der Waals surface area contributed by atoms with E-state index in [2.05, 4.69) is 69.6 Å². The first-order valence-electron chi connectivity index (χ1n) is 9.75. The summed E-state index contributed by atoms with van der Waals surface area (Å²) in [6, 6.07) is 8.94. The van der Waals surface area contributed by atoms with E-state index in [0.29, 0.717) is 6.61 Å². The second-order valence-corrected chi connectivity index (χ2v) is 7.82. The second kappa shape index (κ2) is 8.13. The molecule has 1 unspecified atom stereocenters. The average Bonchev–Trinajstić information content (AvgIpc) is 3.08. The summed E-state index contributed by atoms with van der Waals surface area (Å²) in [5.74, 6) is 0. The summed E-state index contributed by atoms with van der Waals surface area (Å²) < 4.78 is 7.66. The van der Waals surface area contributed by atoms with Gasteiger partial charge < -0.3 is 9.30 Å². The minimum Gasteiger partial charge on any atom is -0.383 e. The molecule has 0 saturated carbocycles. The van der Waals surface area contributed by atoms with Crippen LogP contribution in [0, 0.1) is 27.7 Å². The van der Waals surface area contributed by atoms with E-state index in [4.69, 9.17) is 14.7 Å². The van der Waals surface area contributed by atoms with Crippen LogP contribution >= 0.6 is 12.4 Å². The maximum atomic E-state index is 5.40. The summed E-state index contributed by atoms with van der Waals surface area (Å²) >= 11 is 0. The second-order valence-electron chi connectivity index (χ2n) is 7.82. The number of ether oxygens (including phenoxy) is 1. The zero-order chi connectivity index (χ0) is 20.0. The molecular weight excluding hydrogens is 382 g/mol. The molecule has 4 rings (SSSR count). The Morgan fingerprint density at radius 2 is 1.72 bits per heavy atom. The number of methoxy groups -OCH3 is 1. The third kappa shape index (κ3) is 3.52. The molecule has 4 aromatic rings. The monoisotopic (exact) mass is 409 g/mol. The zero-order valence-corrected chi connectivity index (χ0v) is 18.7. The highest BCUT2D eigenvalue weighted by Crippen LogP contribution is 2.36. The Balaban J connectivity index is 0.00000240. The Morgan fingerprint density at radius 3 is 2.38 bits per heavy atom. The number of benzene rings is 1. The Hall–Kier alpha value is -2.43. The predicted molar refractivity (Wildman–Crippen MR) is 123 cm³/mol. The molecule has 5 heteroatoms. The fourth-order valence-electron chi connectivity index (χ4n) is 4.45. The normalized spacial score (nSPS) is 12.3. The van der Waals surface area contributed by atoms with Crippen molar-refractivity contribution < 1.29 is 4.74 Å². The fraction of sp³-hybridized carbons (Fsp3) is 0.333. The van der Waals surface area contributed by atoms with Crippen LogP contribution < -0.4 is 0 Å². The van der Waals surface area contributed by atoms with Gasteiger partial charge in [-0.15, -0.1) is 12.4 Å². The van der Waals surface area contributed by atoms with Crippen molar-refractivity contribution in [3.8, 4) is 11.1 Å². The highest BCUT2D eigenvalue weighted by atomic mass is 35.5. The van der Waals surface area contributed by atoms with Crippen molar-refractivity contribution in [2.75, 3.05) is 13.7 Å².